The molecule has 1 aromatic heterocycles. The summed E-state index contributed by atoms with van der Waals surface area (Å²) in [6.07, 6.45) is 2.59. The minimum absolute atomic E-state index is 0.267. The van der Waals surface area contributed by atoms with Crippen molar-refractivity contribution in [2.24, 2.45) is 7.05 Å². The summed E-state index contributed by atoms with van der Waals surface area (Å²) in [4.78, 5) is 0.267. The third kappa shape index (κ3) is 2.24. The standard InChI is InChI=1S/C12H14N2O2S/c1-9-4-6-10(7-5-9)12-11(17(3,15)16)8-13-14(12)2/h4-8H,1-3H3. The van der Waals surface area contributed by atoms with Crippen molar-refractivity contribution in [2.75, 3.05) is 6.26 Å². The van der Waals surface area contributed by atoms with E-state index in [2.05, 4.69) is 5.10 Å². The largest absolute Gasteiger partial charge is 0.267 e. The fourth-order valence-electron chi connectivity index (χ4n) is 1.73. The first-order chi connectivity index (χ1) is 7.89. The van der Waals surface area contributed by atoms with Crippen molar-refractivity contribution >= 4 is 9.84 Å². The number of aromatic nitrogens is 2. The highest BCUT2D eigenvalue weighted by Crippen LogP contribution is 2.26. The fourth-order valence-corrected chi connectivity index (χ4v) is 2.57. The van der Waals surface area contributed by atoms with E-state index in [0.717, 1.165) is 11.1 Å². The van der Waals surface area contributed by atoms with E-state index >= 15 is 0 Å². The van der Waals surface area contributed by atoms with E-state index in [9.17, 15) is 8.42 Å². The second kappa shape index (κ2) is 4.00. The van der Waals surface area contributed by atoms with Gasteiger partial charge in [-0.3, -0.25) is 4.68 Å². The van der Waals surface area contributed by atoms with Crippen molar-refractivity contribution in [2.45, 2.75) is 11.8 Å². The Labute approximate surface area is 101 Å². The second-order valence-corrected chi connectivity index (χ2v) is 6.10. The predicted octanol–water partition coefficient (Wildman–Crippen LogP) is 1.80. The maximum absolute atomic E-state index is 11.7. The van der Waals surface area contributed by atoms with Crippen molar-refractivity contribution < 1.29 is 8.42 Å². The molecule has 0 saturated carbocycles. The summed E-state index contributed by atoms with van der Waals surface area (Å²) in [5.41, 5.74) is 2.63. The van der Waals surface area contributed by atoms with Gasteiger partial charge >= 0.3 is 0 Å². The molecule has 0 fully saturated rings. The van der Waals surface area contributed by atoms with Gasteiger partial charge in [0.2, 0.25) is 0 Å². The summed E-state index contributed by atoms with van der Waals surface area (Å²) in [7, 11) is -1.51. The van der Waals surface area contributed by atoms with Crippen LogP contribution in [0.3, 0.4) is 0 Å². The molecule has 4 nitrogen and oxygen atoms in total. The van der Waals surface area contributed by atoms with Gasteiger partial charge in [-0.2, -0.15) is 5.10 Å². The molecule has 17 heavy (non-hydrogen) atoms. The Morgan fingerprint density at radius 1 is 1.18 bits per heavy atom. The Kier molecular flexibility index (Phi) is 2.79. The van der Waals surface area contributed by atoms with Crippen LogP contribution in [0.5, 0.6) is 0 Å². The average molecular weight is 250 g/mol. The van der Waals surface area contributed by atoms with Gasteiger partial charge in [0.25, 0.3) is 0 Å². The molecule has 90 valence electrons. The number of rotatable bonds is 2. The highest BCUT2D eigenvalue weighted by atomic mass is 32.2. The van der Waals surface area contributed by atoms with Crippen LogP contribution in [0.4, 0.5) is 0 Å². The van der Waals surface area contributed by atoms with E-state index in [1.54, 1.807) is 11.7 Å². The van der Waals surface area contributed by atoms with Crippen LogP contribution in [0.2, 0.25) is 0 Å². The molecule has 5 heteroatoms. The molecule has 0 N–H and O–H groups in total. The molecule has 0 bridgehead atoms. The Morgan fingerprint density at radius 2 is 1.76 bits per heavy atom. The van der Waals surface area contributed by atoms with Gasteiger partial charge in [-0.1, -0.05) is 29.8 Å². The van der Waals surface area contributed by atoms with Crippen molar-refractivity contribution in [3.05, 3.63) is 36.0 Å². The maximum atomic E-state index is 11.7. The monoisotopic (exact) mass is 250 g/mol. The van der Waals surface area contributed by atoms with E-state index in [1.807, 2.05) is 31.2 Å². The van der Waals surface area contributed by atoms with Crippen LogP contribution in [0.15, 0.2) is 35.4 Å². The number of sulfone groups is 1. The Hall–Kier alpha value is -1.62. The lowest BCUT2D eigenvalue weighted by Gasteiger charge is -2.05. The van der Waals surface area contributed by atoms with Crippen LogP contribution in [-0.4, -0.2) is 24.5 Å². The molecule has 0 saturated heterocycles. The summed E-state index contributed by atoms with van der Waals surface area (Å²) in [5, 5.41) is 4.02. The SMILES string of the molecule is Cc1ccc(-c2c(S(C)(=O)=O)cnn2C)cc1. The molecule has 0 aliphatic rings. The third-order valence-electron chi connectivity index (χ3n) is 2.63. The lowest BCUT2D eigenvalue weighted by molar-refractivity contribution is 0.602. The topological polar surface area (TPSA) is 52.0 Å². The van der Waals surface area contributed by atoms with E-state index in [1.165, 1.54) is 12.5 Å². The van der Waals surface area contributed by atoms with Crippen molar-refractivity contribution in [3.63, 3.8) is 0 Å². The van der Waals surface area contributed by atoms with E-state index in [0.29, 0.717) is 5.69 Å². The number of hydrogen-bond acceptors (Lipinski definition) is 3. The van der Waals surface area contributed by atoms with Crippen LogP contribution >= 0.6 is 0 Å². The van der Waals surface area contributed by atoms with Crippen LogP contribution in [0.25, 0.3) is 11.3 Å². The Balaban J connectivity index is 2.67. The number of aryl methyl sites for hydroxylation is 2. The van der Waals surface area contributed by atoms with E-state index in [4.69, 9.17) is 0 Å². The van der Waals surface area contributed by atoms with Gasteiger partial charge in [0, 0.05) is 18.9 Å². The molecular formula is C12H14N2O2S. The van der Waals surface area contributed by atoms with E-state index in [-0.39, 0.29) is 4.90 Å². The molecule has 0 radical (unpaired) electrons. The quantitative estimate of drug-likeness (QED) is 0.816. The minimum atomic E-state index is -3.25. The smallest absolute Gasteiger partial charge is 0.179 e. The zero-order chi connectivity index (χ0) is 12.6. The molecule has 1 aromatic carbocycles. The lowest BCUT2D eigenvalue weighted by atomic mass is 10.1. The zero-order valence-corrected chi connectivity index (χ0v) is 10.8. The second-order valence-electron chi connectivity index (χ2n) is 4.12. The molecule has 2 rings (SSSR count). The van der Waals surface area contributed by atoms with Crippen LogP contribution in [0, 0.1) is 6.92 Å². The van der Waals surface area contributed by atoms with Gasteiger partial charge in [0.1, 0.15) is 4.90 Å². The van der Waals surface area contributed by atoms with Gasteiger partial charge < -0.3 is 0 Å². The van der Waals surface area contributed by atoms with Gasteiger partial charge in [-0.15, -0.1) is 0 Å². The molecule has 2 aromatic rings. The highest BCUT2D eigenvalue weighted by Gasteiger charge is 2.18. The van der Waals surface area contributed by atoms with Crippen molar-refractivity contribution in [1.82, 2.24) is 9.78 Å². The minimum Gasteiger partial charge on any atom is -0.267 e. The van der Waals surface area contributed by atoms with Gasteiger partial charge in [-0.05, 0) is 6.92 Å². The predicted molar refractivity (Wildman–Crippen MR) is 66.5 cm³/mol. The molecule has 0 amide bonds. The number of benzene rings is 1. The van der Waals surface area contributed by atoms with Crippen LogP contribution in [-0.2, 0) is 16.9 Å². The van der Waals surface area contributed by atoms with Crippen LogP contribution < -0.4 is 0 Å². The van der Waals surface area contributed by atoms with E-state index < -0.39 is 9.84 Å². The molecule has 1 heterocycles. The van der Waals surface area contributed by atoms with Gasteiger partial charge in [0.05, 0.1) is 11.9 Å². The van der Waals surface area contributed by atoms with Gasteiger partial charge in [0.15, 0.2) is 9.84 Å². The molecule has 0 spiro atoms. The lowest BCUT2D eigenvalue weighted by Crippen LogP contribution is -2.00. The van der Waals surface area contributed by atoms with Crippen molar-refractivity contribution in [1.29, 1.82) is 0 Å². The normalized spacial score (nSPS) is 11.7. The Morgan fingerprint density at radius 3 is 2.29 bits per heavy atom. The Bertz CT molecular complexity index is 640. The van der Waals surface area contributed by atoms with Crippen LogP contribution in [0.1, 0.15) is 5.56 Å². The molecule has 0 unspecified atom stereocenters. The molecule has 0 aliphatic carbocycles. The first-order valence-corrected chi connectivity index (χ1v) is 7.08. The highest BCUT2D eigenvalue weighted by molar-refractivity contribution is 7.90. The molecular weight excluding hydrogens is 236 g/mol. The third-order valence-corrected chi connectivity index (χ3v) is 3.73. The summed E-state index contributed by atoms with van der Waals surface area (Å²) >= 11 is 0. The van der Waals surface area contributed by atoms with Crippen molar-refractivity contribution in [3.8, 4) is 11.3 Å². The summed E-state index contributed by atoms with van der Waals surface area (Å²) in [6.45, 7) is 1.99. The number of nitrogens with zero attached hydrogens (tertiary/aromatic N) is 2. The molecule has 0 atom stereocenters. The maximum Gasteiger partial charge on any atom is 0.179 e. The summed E-state index contributed by atoms with van der Waals surface area (Å²) in [6, 6.07) is 7.71. The summed E-state index contributed by atoms with van der Waals surface area (Å²) < 4.78 is 24.9. The fraction of sp³-hybridized carbons (Fsp3) is 0.250. The first-order valence-electron chi connectivity index (χ1n) is 5.18. The first kappa shape index (κ1) is 11.9. The average Bonchev–Trinajstić information content (AvgIpc) is 2.61. The van der Waals surface area contributed by atoms with Gasteiger partial charge in [-0.25, -0.2) is 8.42 Å². The summed E-state index contributed by atoms with van der Waals surface area (Å²) in [5.74, 6) is 0. The zero-order valence-electron chi connectivity index (χ0n) is 10.0. The number of hydrogen-bond donors (Lipinski definition) is 0. The molecule has 0 aliphatic heterocycles.